The molecule has 3 aromatic rings. The van der Waals surface area contributed by atoms with Gasteiger partial charge in [-0.25, -0.2) is 0 Å². The van der Waals surface area contributed by atoms with Gasteiger partial charge in [-0.2, -0.15) is 0 Å². The molecule has 12 heteroatoms. The van der Waals surface area contributed by atoms with Crippen LogP contribution in [0, 0.1) is 16.0 Å². The van der Waals surface area contributed by atoms with Crippen molar-refractivity contribution in [2.24, 2.45) is 11.7 Å². The molecule has 0 aromatic heterocycles. The van der Waals surface area contributed by atoms with Gasteiger partial charge in [0.15, 0.2) is 5.75 Å². The number of ether oxygens (including phenoxy) is 3. The number of nitro groups is 1. The maximum atomic E-state index is 13.4. The average Bonchev–Trinajstić information content (AvgIpc) is 3.00. The minimum absolute atomic E-state index is 0.00861. The van der Waals surface area contributed by atoms with Gasteiger partial charge in [0.2, 0.25) is 5.91 Å². The standard InChI is InChI=1S/C33H40N4O8/c1-7-20(5)44-29-16-23(32(39)35-25-12-9-22(31(34)38)15-28(25)43-18-19(3)4)10-13-26(29)36-33(40)24-11-14-27(37(41)42)30(17-24)45-21(6)8-2/h9-17,19-21H,7-8,18H2,1-6H3,(H2,34,38)(H,35,39)(H,36,40). The van der Waals surface area contributed by atoms with E-state index in [1.807, 2.05) is 34.6 Å². The highest BCUT2D eigenvalue weighted by Crippen LogP contribution is 2.33. The first-order valence-corrected chi connectivity index (χ1v) is 14.8. The third-order valence-electron chi connectivity index (χ3n) is 6.80. The van der Waals surface area contributed by atoms with Crippen molar-refractivity contribution in [1.82, 2.24) is 0 Å². The molecule has 0 aliphatic rings. The normalized spacial score (nSPS) is 12.2. The lowest BCUT2D eigenvalue weighted by molar-refractivity contribution is -0.386. The predicted molar refractivity (Wildman–Crippen MR) is 171 cm³/mol. The lowest BCUT2D eigenvalue weighted by atomic mass is 10.1. The van der Waals surface area contributed by atoms with E-state index < -0.39 is 22.6 Å². The zero-order valence-corrected chi connectivity index (χ0v) is 26.3. The molecule has 0 radical (unpaired) electrons. The van der Waals surface area contributed by atoms with Crippen LogP contribution >= 0.6 is 0 Å². The van der Waals surface area contributed by atoms with Crippen LogP contribution < -0.4 is 30.6 Å². The van der Waals surface area contributed by atoms with Crippen molar-refractivity contribution in [3.8, 4) is 17.2 Å². The zero-order valence-electron chi connectivity index (χ0n) is 26.3. The second-order valence-electron chi connectivity index (χ2n) is 11.0. The molecule has 2 atom stereocenters. The number of carbonyl (C=O) groups excluding carboxylic acids is 3. The summed E-state index contributed by atoms with van der Waals surface area (Å²) in [6, 6.07) is 13.0. The number of hydrogen-bond acceptors (Lipinski definition) is 8. The highest BCUT2D eigenvalue weighted by molar-refractivity contribution is 6.08. The van der Waals surface area contributed by atoms with E-state index in [2.05, 4.69) is 10.6 Å². The van der Waals surface area contributed by atoms with Crippen LogP contribution in [0.4, 0.5) is 17.1 Å². The molecular formula is C33H40N4O8. The molecule has 0 heterocycles. The van der Waals surface area contributed by atoms with E-state index in [1.54, 1.807) is 19.1 Å². The molecule has 3 amide bonds. The number of primary amides is 1. The number of amides is 3. The number of nitro benzene ring substituents is 1. The fourth-order valence-electron chi connectivity index (χ4n) is 3.91. The quantitative estimate of drug-likeness (QED) is 0.126. The summed E-state index contributed by atoms with van der Waals surface area (Å²) in [5, 5.41) is 17.1. The number of carbonyl (C=O) groups is 3. The molecular weight excluding hydrogens is 580 g/mol. The van der Waals surface area contributed by atoms with Gasteiger partial charge in [0.05, 0.1) is 35.1 Å². The number of nitrogens with one attached hydrogen (secondary N) is 2. The van der Waals surface area contributed by atoms with E-state index in [0.717, 1.165) is 0 Å². The predicted octanol–water partition coefficient (Wildman–Crippen LogP) is 6.59. The van der Waals surface area contributed by atoms with Crippen molar-refractivity contribution in [2.75, 3.05) is 17.2 Å². The minimum Gasteiger partial charge on any atom is -0.491 e. The third-order valence-corrected chi connectivity index (χ3v) is 6.80. The molecule has 3 rings (SSSR count). The minimum atomic E-state index is -0.625. The summed E-state index contributed by atoms with van der Waals surface area (Å²) in [5.41, 5.74) is 6.44. The Morgan fingerprint density at radius 1 is 0.756 bits per heavy atom. The average molecular weight is 621 g/mol. The number of anilines is 2. The molecule has 0 spiro atoms. The van der Waals surface area contributed by atoms with E-state index >= 15 is 0 Å². The van der Waals surface area contributed by atoms with Crippen molar-refractivity contribution < 1.29 is 33.5 Å². The molecule has 0 aliphatic heterocycles. The fourth-order valence-corrected chi connectivity index (χ4v) is 3.91. The van der Waals surface area contributed by atoms with Crippen LogP contribution in [0.5, 0.6) is 17.2 Å². The van der Waals surface area contributed by atoms with Crippen LogP contribution in [0.15, 0.2) is 54.6 Å². The Bertz CT molecular complexity index is 1560. The Hall–Kier alpha value is -5.13. The van der Waals surface area contributed by atoms with Crippen LogP contribution in [-0.2, 0) is 0 Å². The summed E-state index contributed by atoms with van der Waals surface area (Å²) in [6.07, 6.45) is 0.737. The fraction of sp³-hybridized carbons (Fsp3) is 0.364. The van der Waals surface area contributed by atoms with Gasteiger partial charge >= 0.3 is 5.69 Å². The van der Waals surface area contributed by atoms with E-state index in [4.69, 9.17) is 19.9 Å². The third kappa shape index (κ3) is 9.43. The molecule has 0 saturated heterocycles. The molecule has 4 N–H and O–H groups in total. The molecule has 0 saturated carbocycles. The molecule has 240 valence electrons. The summed E-state index contributed by atoms with van der Waals surface area (Å²) in [6.45, 7) is 11.7. The molecule has 45 heavy (non-hydrogen) atoms. The summed E-state index contributed by atoms with van der Waals surface area (Å²) >= 11 is 0. The number of rotatable bonds is 15. The molecule has 2 unspecified atom stereocenters. The van der Waals surface area contributed by atoms with Gasteiger partial charge < -0.3 is 30.6 Å². The van der Waals surface area contributed by atoms with Gasteiger partial charge in [0.25, 0.3) is 11.8 Å². The first-order chi connectivity index (χ1) is 21.3. The van der Waals surface area contributed by atoms with E-state index in [1.165, 1.54) is 42.5 Å². The van der Waals surface area contributed by atoms with E-state index in [0.29, 0.717) is 36.6 Å². The summed E-state index contributed by atoms with van der Waals surface area (Å²) < 4.78 is 17.6. The zero-order chi connectivity index (χ0) is 33.3. The van der Waals surface area contributed by atoms with Crippen molar-refractivity contribution in [1.29, 1.82) is 0 Å². The van der Waals surface area contributed by atoms with Gasteiger partial charge in [-0.15, -0.1) is 0 Å². The maximum absolute atomic E-state index is 13.4. The van der Waals surface area contributed by atoms with E-state index in [-0.39, 0.29) is 52.0 Å². The van der Waals surface area contributed by atoms with Crippen LogP contribution in [0.1, 0.15) is 85.5 Å². The van der Waals surface area contributed by atoms with Crippen LogP contribution in [0.25, 0.3) is 0 Å². The summed E-state index contributed by atoms with van der Waals surface area (Å²) in [4.78, 5) is 49.3. The van der Waals surface area contributed by atoms with Crippen LogP contribution in [0.3, 0.4) is 0 Å². The summed E-state index contributed by atoms with van der Waals surface area (Å²) in [5.74, 6) is -0.919. The van der Waals surface area contributed by atoms with Gasteiger partial charge in [0.1, 0.15) is 11.5 Å². The van der Waals surface area contributed by atoms with Crippen molar-refractivity contribution in [2.45, 2.75) is 66.6 Å². The van der Waals surface area contributed by atoms with Crippen molar-refractivity contribution in [3.05, 3.63) is 81.4 Å². The van der Waals surface area contributed by atoms with Gasteiger partial charge in [0, 0.05) is 28.8 Å². The molecule has 0 bridgehead atoms. The highest BCUT2D eigenvalue weighted by atomic mass is 16.6. The van der Waals surface area contributed by atoms with Gasteiger partial charge in [-0.05, 0) is 75.1 Å². The second-order valence-corrected chi connectivity index (χ2v) is 11.0. The largest absolute Gasteiger partial charge is 0.491 e. The highest BCUT2D eigenvalue weighted by Gasteiger charge is 2.22. The summed E-state index contributed by atoms with van der Waals surface area (Å²) in [7, 11) is 0. The number of hydrogen-bond donors (Lipinski definition) is 3. The lowest BCUT2D eigenvalue weighted by Gasteiger charge is -2.19. The number of benzene rings is 3. The van der Waals surface area contributed by atoms with E-state index in [9.17, 15) is 24.5 Å². The molecule has 0 aliphatic carbocycles. The van der Waals surface area contributed by atoms with Crippen LogP contribution in [0.2, 0.25) is 0 Å². The monoisotopic (exact) mass is 620 g/mol. The van der Waals surface area contributed by atoms with Gasteiger partial charge in [-0.1, -0.05) is 27.7 Å². The number of nitrogens with zero attached hydrogens (tertiary/aromatic N) is 1. The SMILES string of the molecule is CCC(C)Oc1cc(C(=O)Nc2ccc(C(N)=O)cc2OCC(C)C)ccc1NC(=O)c1ccc([N+](=O)[O-])c(OC(C)CC)c1. The topological polar surface area (TPSA) is 172 Å². The first-order valence-electron chi connectivity index (χ1n) is 14.8. The van der Waals surface area contributed by atoms with Crippen LogP contribution in [-0.4, -0.2) is 41.5 Å². The molecule has 0 fully saturated rings. The first kappa shape index (κ1) is 34.4. The smallest absolute Gasteiger partial charge is 0.310 e. The Morgan fingerprint density at radius 3 is 1.73 bits per heavy atom. The Labute approximate surface area is 262 Å². The Kier molecular flexibility index (Phi) is 11.9. The molecule has 12 nitrogen and oxygen atoms in total. The van der Waals surface area contributed by atoms with Crippen molar-refractivity contribution in [3.63, 3.8) is 0 Å². The van der Waals surface area contributed by atoms with Crippen molar-refractivity contribution >= 4 is 34.8 Å². The second kappa shape index (κ2) is 15.6. The Balaban J connectivity index is 1.91. The Morgan fingerprint density at radius 2 is 1.22 bits per heavy atom. The number of nitrogens with two attached hydrogens (primary N) is 1. The lowest BCUT2D eigenvalue weighted by Crippen LogP contribution is -2.18. The maximum Gasteiger partial charge on any atom is 0.310 e. The molecule has 3 aromatic carbocycles. The van der Waals surface area contributed by atoms with Gasteiger partial charge in [-0.3, -0.25) is 24.5 Å².